The van der Waals surface area contributed by atoms with Crippen molar-refractivity contribution in [3.05, 3.63) is 131 Å². The van der Waals surface area contributed by atoms with Gasteiger partial charge in [0.25, 0.3) is 0 Å². The molecule has 0 bridgehead atoms. The zero-order chi connectivity index (χ0) is 26.2. The van der Waals surface area contributed by atoms with Crippen LogP contribution in [0.25, 0.3) is 45.6 Å². The molecule has 191 valence electrons. The standard InChI is InChI=1S/2C15H11N3S.Co/c2*19-11-9-14(12-5-1-3-7-16-12)18-15(10-11)13-6-2-4-8-17-13;/h2*1-10H,(H,18,19);/q;;+2. The van der Waals surface area contributed by atoms with Crippen molar-refractivity contribution in [2.45, 2.75) is 0 Å². The molecule has 6 nitrogen and oxygen atoms in total. The van der Waals surface area contributed by atoms with Gasteiger partial charge in [-0.3, -0.25) is 19.9 Å². The summed E-state index contributed by atoms with van der Waals surface area (Å²) >= 11 is 10.6. The Morgan fingerprint density at radius 3 is 0.872 bits per heavy atom. The largest absolute Gasteiger partial charge is 2.00 e. The second-order valence-corrected chi connectivity index (χ2v) is 9.09. The fraction of sp³-hybridized carbons (Fsp3) is 0. The number of rotatable bonds is 4. The van der Waals surface area contributed by atoms with Crippen molar-refractivity contribution in [2.75, 3.05) is 0 Å². The van der Waals surface area contributed by atoms with E-state index in [9.17, 15) is 0 Å². The molecular formula is C30H22CoN6S2+2. The number of H-pyrrole nitrogens is 2. The Balaban J connectivity index is 0.000000176. The fourth-order valence-electron chi connectivity index (χ4n) is 3.73. The maximum absolute atomic E-state index is 5.31. The first-order chi connectivity index (χ1) is 18.7. The van der Waals surface area contributed by atoms with Gasteiger partial charge in [-0.2, -0.15) is 0 Å². The number of aromatic nitrogens is 6. The minimum Gasteiger partial charge on any atom is -0.352 e. The van der Waals surface area contributed by atoms with Crippen LogP contribution in [0, 0.1) is 9.02 Å². The quantitative estimate of drug-likeness (QED) is 0.205. The van der Waals surface area contributed by atoms with E-state index in [4.69, 9.17) is 24.4 Å². The Hall–Kier alpha value is -4.15. The van der Waals surface area contributed by atoms with Crippen LogP contribution in [-0.2, 0) is 16.8 Å². The monoisotopic (exact) mass is 589 g/mol. The number of aromatic amines is 2. The van der Waals surface area contributed by atoms with Crippen LogP contribution in [0.15, 0.2) is 122 Å². The molecule has 0 aliphatic heterocycles. The van der Waals surface area contributed by atoms with Gasteiger partial charge in [-0.15, -0.1) is 0 Å². The fourth-order valence-corrected chi connectivity index (χ4v) is 4.20. The van der Waals surface area contributed by atoms with E-state index in [1.807, 2.05) is 97.1 Å². The first-order valence-corrected chi connectivity index (χ1v) is 12.6. The zero-order valence-corrected chi connectivity index (χ0v) is 23.2. The molecule has 0 aliphatic carbocycles. The van der Waals surface area contributed by atoms with Gasteiger partial charge in [-0.25, -0.2) is 0 Å². The molecule has 6 heterocycles. The van der Waals surface area contributed by atoms with E-state index in [0.29, 0.717) is 0 Å². The summed E-state index contributed by atoms with van der Waals surface area (Å²) in [7, 11) is 0. The molecule has 0 aliphatic rings. The minimum absolute atomic E-state index is 0. The van der Waals surface area contributed by atoms with Gasteiger partial charge in [0.1, 0.15) is 0 Å². The molecule has 6 rings (SSSR count). The van der Waals surface area contributed by atoms with E-state index in [0.717, 1.165) is 54.6 Å². The predicted molar refractivity (Wildman–Crippen MR) is 156 cm³/mol. The Kier molecular flexibility index (Phi) is 9.71. The van der Waals surface area contributed by atoms with E-state index < -0.39 is 0 Å². The van der Waals surface area contributed by atoms with Crippen LogP contribution in [0.5, 0.6) is 0 Å². The van der Waals surface area contributed by atoms with Crippen LogP contribution in [0.1, 0.15) is 0 Å². The van der Waals surface area contributed by atoms with Crippen molar-refractivity contribution in [1.29, 1.82) is 0 Å². The molecule has 0 saturated heterocycles. The molecular weight excluding hydrogens is 567 g/mol. The van der Waals surface area contributed by atoms with Gasteiger partial charge in [-0.1, -0.05) is 48.7 Å². The van der Waals surface area contributed by atoms with Gasteiger partial charge in [-0.05, 0) is 72.8 Å². The van der Waals surface area contributed by atoms with E-state index in [2.05, 4.69) is 29.9 Å². The van der Waals surface area contributed by atoms with Gasteiger partial charge in [0.2, 0.25) is 0 Å². The average molecular weight is 590 g/mol. The molecule has 0 spiro atoms. The Morgan fingerprint density at radius 2 is 0.667 bits per heavy atom. The number of nitrogens with zero attached hydrogens (tertiary/aromatic N) is 4. The van der Waals surface area contributed by atoms with Crippen LogP contribution < -0.4 is 0 Å². The molecule has 6 aromatic rings. The van der Waals surface area contributed by atoms with Crippen LogP contribution in [0.3, 0.4) is 0 Å². The molecule has 6 aromatic heterocycles. The number of pyridine rings is 6. The first-order valence-electron chi connectivity index (χ1n) is 11.8. The topological polar surface area (TPSA) is 83.1 Å². The second-order valence-electron chi connectivity index (χ2n) is 8.15. The van der Waals surface area contributed by atoms with Crippen molar-refractivity contribution in [2.24, 2.45) is 0 Å². The zero-order valence-electron chi connectivity index (χ0n) is 20.5. The van der Waals surface area contributed by atoms with Gasteiger partial charge >= 0.3 is 16.8 Å². The molecule has 9 heteroatoms. The summed E-state index contributed by atoms with van der Waals surface area (Å²) in [5.74, 6) is 0. The molecule has 2 N–H and O–H groups in total. The minimum atomic E-state index is 0. The third kappa shape index (κ3) is 7.46. The smallest absolute Gasteiger partial charge is 0.352 e. The second kappa shape index (κ2) is 13.6. The third-order valence-electron chi connectivity index (χ3n) is 5.45. The number of hydrogen-bond donors (Lipinski definition) is 2. The molecule has 39 heavy (non-hydrogen) atoms. The molecule has 0 aromatic carbocycles. The van der Waals surface area contributed by atoms with Crippen LogP contribution >= 0.6 is 24.4 Å². The summed E-state index contributed by atoms with van der Waals surface area (Å²) < 4.78 is 1.53. The molecule has 0 fully saturated rings. The van der Waals surface area contributed by atoms with E-state index >= 15 is 0 Å². The van der Waals surface area contributed by atoms with Gasteiger partial charge in [0, 0.05) is 33.8 Å². The molecule has 0 saturated carbocycles. The van der Waals surface area contributed by atoms with Crippen LogP contribution in [0.2, 0.25) is 0 Å². The van der Waals surface area contributed by atoms with Crippen molar-refractivity contribution in [3.8, 4) is 45.6 Å². The summed E-state index contributed by atoms with van der Waals surface area (Å²) in [5, 5.41) is 0. The van der Waals surface area contributed by atoms with Gasteiger partial charge in [0.05, 0.1) is 45.6 Å². The Morgan fingerprint density at radius 1 is 0.410 bits per heavy atom. The summed E-state index contributed by atoms with van der Waals surface area (Å²) in [6, 6.07) is 30.8. The van der Waals surface area contributed by atoms with Crippen molar-refractivity contribution >= 4 is 24.4 Å². The van der Waals surface area contributed by atoms with Gasteiger partial charge in [0.15, 0.2) is 0 Å². The summed E-state index contributed by atoms with van der Waals surface area (Å²) in [6.07, 6.45) is 7.05. The van der Waals surface area contributed by atoms with Crippen molar-refractivity contribution < 1.29 is 16.8 Å². The predicted octanol–water partition coefficient (Wildman–Crippen LogP) is 7.73. The van der Waals surface area contributed by atoms with E-state index in [-0.39, 0.29) is 16.8 Å². The van der Waals surface area contributed by atoms with Crippen molar-refractivity contribution in [1.82, 2.24) is 29.9 Å². The molecule has 0 amide bonds. The average Bonchev–Trinajstić information content (AvgIpc) is 2.99. The summed E-state index contributed by atoms with van der Waals surface area (Å²) in [5.41, 5.74) is 7.06. The Bertz CT molecular complexity index is 1490. The van der Waals surface area contributed by atoms with Crippen molar-refractivity contribution in [3.63, 3.8) is 0 Å². The SMILES string of the molecule is S=c1cc(-c2ccccn2)[nH]c(-c2ccccn2)c1.S=c1cc(-c2ccccn2)[nH]c(-c2ccccn2)c1.[Co+2]. The maximum atomic E-state index is 5.31. The van der Waals surface area contributed by atoms with Crippen LogP contribution in [-0.4, -0.2) is 29.9 Å². The maximum Gasteiger partial charge on any atom is 2.00 e. The van der Waals surface area contributed by atoms with E-state index in [1.165, 1.54) is 0 Å². The number of hydrogen-bond acceptors (Lipinski definition) is 6. The third-order valence-corrected chi connectivity index (χ3v) is 5.92. The van der Waals surface area contributed by atoms with Crippen LogP contribution in [0.4, 0.5) is 0 Å². The summed E-state index contributed by atoms with van der Waals surface area (Å²) in [4.78, 5) is 24.0. The molecule has 0 unspecified atom stereocenters. The molecule has 1 radical (unpaired) electrons. The summed E-state index contributed by atoms with van der Waals surface area (Å²) in [6.45, 7) is 0. The van der Waals surface area contributed by atoms with E-state index in [1.54, 1.807) is 24.8 Å². The molecule has 0 atom stereocenters. The normalized spacial score (nSPS) is 10.1. The first kappa shape index (κ1) is 27.9. The number of nitrogens with one attached hydrogen (secondary N) is 2. The van der Waals surface area contributed by atoms with Gasteiger partial charge < -0.3 is 9.97 Å². The Labute approximate surface area is 246 Å².